The van der Waals surface area contributed by atoms with E-state index in [-0.39, 0.29) is 5.92 Å². The van der Waals surface area contributed by atoms with E-state index in [1.54, 1.807) is 0 Å². The van der Waals surface area contributed by atoms with E-state index in [9.17, 15) is 0 Å². The molecule has 1 unspecified atom stereocenters. The summed E-state index contributed by atoms with van der Waals surface area (Å²) in [6, 6.07) is 51.0. The molecule has 0 N–H and O–H groups in total. The van der Waals surface area contributed by atoms with Crippen LogP contribution in [0.2, 0.25) is 0 Å². The number of allylic oxidation sites excluding steroid dienone is 1. The minimum atomic E-state index is 0.0355. The van der Waals surface area contributed by atoms with E-state index in [2.05, 4.69) is 140 Å². The van der Waals surface area contributed by atoms with Crippen LogP contribution in [-0.2, 0) is 6.42 Å². The van der Waals surface area contributed by atoms with Gasteiger partial charge in [0.15, 0.2) is 11.6 Å². The van der Waals surface area contributed by atoms with Gasteiger partial charge in [-0.1, -0.05) is 140 Å². The van der Waals surface area contributed by atoms with Gasteiger partial charge in [0.25, 0.3) is 0 Å². The number of benzene rings is 7. The van der Waals surface area contributed by atoms with Crippen molar-refractivity contribution >= 4 is 49.6 Å². The zero-order chi connectivity index (χ0) is 32.3. The normalized spacial score (nSPS) is 14.2. The first-order chi connectivity index (χ1) is 24.3. The van der Waals surface area contributed by atoms with Crippen LogP contribution in [0.4, 0.5) is 0 Å². The Kier molecular flexibility index (Phi) is 6.28. The summed E-state index contributed by atoms with van der Waals surface area (Å²) in [7, 11) is 0. The lowest BCUT2D eigenvalue weighted by molar-refractivity contribution is 0.669. The van der Waals surface area contributed by atoms with Gasteiger partial charge in [0.2, 0.25) is 0 Å². The molecule has 0 amide bonds. The first-order valence-electron chi connectivity index (χ1n) is 16.7. The molecule has 0 saturated heterocycles. The Morgan fingerprint density at radius 2 is 1.20 bits per heavy atom. The molecule has 0 aliphatic heterocycles. The van der Waals surface area contributed by atoms with E-state index < -0.39 is 0 Å². The molecule has 7 aromatic carbocycles. The molecule has 10 rings (SSSR count). The van der Waals surface area contributed by atoms with E-state index in [1.807, 2.05) is 18.2 Å². The van der Waals surface area contributed by atoms with E-state index in [1.165, 1.54) is 16.5 Å². The van der Waals surface area contributed by atoms with Crippen molar-refractivity contribution in [1.82, 2.24) is 15.0 Å². The van der Waals surface area contributed by atoms with Gasteiger partial charge >= 0.3 is 0 Å². The van der Waals surface area contributed by atoms with Crippen LogP contribution >= 0.6 is 0 Å². The SMILES string of the molecule is C1=CC(c2nc(-c3ccc4ccccc4c3)nc(-c3cccc4c(-c5cccc6oc7ccccc7c56)cccc34)n2)Cc2ccccc21. The molecule has 0 bridgehead atoms. The molecular formula is C45H29N3O. The molecule has 1 atom stereocenters. The van der Waals surface area contributed by atoms with Crippen molar-refractivity contribution in [3.63, 3.8) is 0 Å². The van der Waals surface area contributed by atoms with Crippen LogP contribution in [0, 0.1) is 0 Å². The van der Waals surface area contributed by atoms with Crippen molar-refractivity contribution in [2.45, 2.75) is 12.3 Å². The molecule has 9 aromatic rings. The number of para-hydroxylation sites is 1. The number of nitrogens with zero attached hydrogens (tertiary/aromatic N) is 3. The predicted octanol–water partition coefficient (Wildman–Crippen LogP) is 11.4. The van der Waals surface area contributed by atoms with Crippen LogP contribution in [0.25, 0.3) is 83.5 Å². The van der Waals surface area contributed by atoms with Gasteiger partial charge in [-0.05, 0) is 68.4 Å². The second-order valence-electron chi connectivity index (χ2n) is 12.8. The molecule has 0 saturated carbocycles. The van der Waals surface area contributed by atoms with Crippen molar-refractivity contribution < 1.29 is 4.42 Å². The summed E-state index contributed by atoms with van der Waals surface area (Å²) in [5.74, 6) is 2.17. The fourth-order valence-corrected chi connectivity index (χ4v) is 7.46. The first-order valence-corrected chi connectivity index (χ1v) is 16.7. The number of furan rings is 1. The predicted molar refractivity (Wildman–Crippen MR) is 200 cm³/mol. The summed E-state index contributed by atoms with van der Waals surface area (Å²) < 4.78 is 6.26. The average molecular weight is 628 g/mol. The standard InChI is InChI=1S/C45H29N3O/c1-3-12-30-26-32(24-22-28(30)10-1)43-46-44(33-25-23-29-11-2-4-13-31(29)27-33)48-45(47-43)38-19-8-15-34-35(16-7-17-36(34)38)37-18-9-21-41-42(37)39-14-5-6-20-40(39)49-41/h1-26,33H,27H2. The van der Waals surface area contributed by atoms with Crippen LogP contribution in [0.15, 0.2) is 156 Å². The van der Waals surface area contributed by atoms with Gasteiger partial charge in [-0.2, -0.15) is 0 Å². The van der Waals surface area contributed by atoms with Gasteiger partial charge < -0.3 is 4.42 Å². The van der Waals surface area contributed by atoms with Gasteiger partial charge in [0, 0.05) is 27.8 Å². The number of hydrogen-bond donors (Lipinski definition) is 0. The van der Waals surface area contributed by atoms with Crippen LogP contribution in [0.5, 0.6) is 0 Å². The molecule has 4 heteroatoms. The smallest absolute Gasteiger partial charge is 0.164 e. The average Bonchev–Trinajstić information content (AvgIpc) is 3.56. The third kappa shape index (κ3) is 4.64. The Morgan fingerprint density at radius 1 is 0.510 bits per heavy atom. The van der Waals surface area contributed by atoms with E-state index >= 15 is 0 Å². The molecule has 1 aliphatic carbocycles. The molecule has 2 heterocycles. The number of rotatable bonds is 4. The van der Waals surface area contributed by atoms with Crippen molar-refractivity contribution in [1.29, 1.82) is 0 Å². The minimum absolute atomic E-state index is 0.0355. The van der Waals surface area contributed by atoms with Crippen molar-refractivity contribution in [2.24, 2.45) is 0 Å². The fourth-order valence-electron chi connectivity index (χ4n) is 7.46. The largest absolute Gasteiger partial charge is 0.456 e. The highest BCUT2D eigenvalue weighted by atomic mass is 16.3. The monoisotopic (exact) mass is 627 g/mol. The molecule has 0 radical (unpaired) electrons. The quantitative estimate of drug-likeness (QED) is 0.195. The number of fused-ring (bicyclic) bond motifs is 6. The Bertz CT molecular complexity index is 2770. The van der Waals surface area contributed by atoms with Crippen LogP contribution < -0.4 is 0 Å². The highest BCUT2D eigenvalue weighted by Gasteiger charge is 2.22. The Labute approximate surface area is 283 Å². The maximum absolute atomic E-state index is 6.26. The molecular weight excluding hydrogens is 599 g/mol. The van der Waals surface area contributed by atoms with Gasteiger partial charge in [0.1, 0.15) is 17.0 Å². The highest BCUT2D eigenvalue weighted by Crippen LogP contribution is 2.41. The Hall–Kier alpha value is -6.39. The maximum atomic E-state index is 6.26. The maximum Gasteiger partial charge on any atom is 0.164 e. The van der Waals surface area contributed by atoms with Crippen molar-refractivity contribution in [3.05, 3.63) is 169 Å². The van der Waals surface area contributed by atoms with Gasteiger partial charge in [-0.15, -0.1) is 0 Å². The molecule has 230 valence electrons. The van der Waals surface area contributed by atoms with Crippen molar-refractivity contribution in [2.75, 3.05) is 0 Å². The molecule has 1 aliphatic rings. The zero-order valence-electron chi connectivity index (χ0n) is 26.5. The second-order valence-corrected chi connectivity index (χ2v) is 12.8. The van der Waals surface area contributed by atoms with E-state index in [4.69, 9.17) is 19.4 Å². The topological polar surface area (TPSA) is 51.8 Å². The summed E-state index contributed by atoms with van der Waals surface area (Å²) in [5.41, 5.74) is 8.58. The lowest BCUT2D eigenvalue weighted by Gasteiger charge is -2.19. The zero-order valence-corrected chi connectivity index (χ0v) is 26.5. The summed E-state index contributed by atoms with van der Waals surface area (Å²) in [4.78, 5) is 15.6. The second kappa shape index (κ2) is 11.1. The van der Waals surface area contributed by atoms with E-state index in [0.717, 1.165) is 72.6 Å². The van der Waals surface area contributed by atoms with Gasteiger partial charge in [-0.25, -0.2) is 15.0 Å². The van der Waals surface area contributed by atoms with Crippen molar-refractivity contribution in [3.8, 4) is 33.9 Å². The Balaban J connectivity index is 1.17. The van der Waals surface area contributed by atoms with Crippen LogP contribution in [0.3, 0.4) is 0 Å². The number of hydrogen-bond acceptors (Lipinski definition) is 4. The molecule has 2 aromatic heterocycles. The first kappa shape index (κ1) is 27.7. The third-order valence-electron chi connectivity index (χ3n) is 9.85. The minimum Gasteiger partial charge on any atom is -0.456 e. The molecule has 0 spiro atoms. The highest BCUT2D eigenvalue weighted by molar-refractivity contribution is 6.16. The lowest BCUT2D eigenvalue weighted by Crippen LogP contribution is -2.12. The van der Waals surface area contributed by atoms with Gasteiger partial charge in [-0.3, -0.25) is 0 Å². The Morgan fingerprint density at radius 3 is 2.14 bits per heavy atom. The lowest BCUT2D eigenvalue weighted by atomic mass is 9.89. The van der Waals surface area contributed by atoms with Gasteiger partial charge in [0.05, 0.1) is 0 Å². The fraction of sp³-hybridized carbons (Fsp3) is 0.0444. The number of aromatic nitrogens is 3. The molecule has 4 nitrogen and oxygen atoms in total. The summed E-state index contributed by atoms with van der Waals surface area (Å²) in [5, 5.41) is 6.82. The summed E-state index contributed by atoms with van der Waals surface area (Å²) in [6.45, 7) is 0. The molecule has 0 fully saturated rings. The van der Waals surface area contributed by atoms with Crippen LogP contribution in [-0.4, -0.2) is 15.0 Å². The molecule has 49 heavy (non-hydrogen) atoms. The van der Waals surface area contributed by atoms with E-state index in [0.29, 0.717) is 11.6 Å². The summed E-state index contributed by atoms with van der Waals surface area (Å²) >= 11 is 0. The third-order valence-corrected chi connectivity index (χ3v) is 9.85. The van der Waals surface area contributed by atoms with Crippen LogP contribution in [0.1, 0.15) is 22.9 Å². The summed E-state index contributed by atoms with van der Waals surface area (Å²) in [6.07, 6.45) is 5.28.